The fourth-order valence-electron chi connectivity index (χ4n) is 2.33. The lowest BCUT2D eigenvalue weighted by atomic mass is 10.0. The maximum absolute atomic E-state index is 10.5. The molecule has 5 N–H and O–H groups in total. The van der Waals surface area contributed by atoms with E-state index in [4.69, 9.17) is 14.2 Å². The van der Waals surface area contributed by atoms with Gasteiger partial charge in [0.15, 0.2) is 6.29 Å². The molecule has 2 heterocycles. The van der Waals surface area contributed by atoms with Crippen LogP contribution in [0.2, 0.25) is 0 Å². The highest BCUT2D eigenvalue weighted by atomic mass is 16.7. The van der Waals surface area contributed by atoms with E-state index in [0.29, 0.717) is 0 Å². The molecular weight excluding hydrogens is 290 g/mol. The van der Waals surface area contributed by atoms with Gasteiger partial charge in [-0.2, -0.15) is 0 Å². The maximum atomic E-state index is 10.5. The molecule has 122 valence electrons. The third-order valence-corrected chi connectivity index (χ3v) is 3.58. The first-order chi connectivity index (χ1) is 9.97. The van der Waals surface area contributed by atoms with Crippen molar-refractivity contribution in [2.45, 2.75) is 55.6 Å². The van der Waals surface area contributed by atoms with Crippen LogP contribution in [0.4, 0.5) is 0 Å². The van der Waals surface area contributed by atoms with Crippen molar-refractivity contribution in [1.29, 1.82) is 0 Å². The quantitative estimate of drug-likeness (QED) is 0.342. The summed E-state index contributed by atoms with van der Waals surface area (Å²) in [6, 6.07) is 0. The summed E-state index contributed by atoms with van der Waals surface area (Å²) in [6.07, 6.45) is -9.79. The summed E-state index contributed by atoms with van der Waals surface area (Å²) in [5, 5.41) is 50.2. The van der Waals surface area contributed by atoms with Crippen LogP contribution >= 0.6 is 0 Å². The minimum absolute atomic E-state index is 0.0626. The number of nitroso groups, excluding NO2 is 1. The molecule has 2 aliphatic heterocycles. The minimum Gasteiger partial charge on any atom is -0.394 e. The third-order valence-electron chi connectivity index (χ3n) is 3.58. The van der Waals surface area contributed by atoms with Gasteiger partial charge >= 0.3 is 0 Å². The molecule has 2 rings (SSSR count). The molecule has 8 atom stereocenters. The highest BCUT2D eigenvalue weighted by Crippen LogP contribution is 2.27. The Morgan fingerprint density at radius 3 is 2.48 bits per heavy atom. The van der Waals surface area contributed by atoms with Crippen molar-refractivity contribution in [2.75, 3.05) is 13.2 Å². The summed E-state index contributed by atoms with van der Waals surface area (Å²) in [5.74, 6) is 0. The predicted molar refractivity (Wildman–Crippen MR) is 64.8 cm³/mol. The minimum atomic E-state index is -1.49. The van der Waals surface area contributed by atoms with Crippen molar-refractivity contribution in [3.05, 3.63) is 4.91 Å². The molecule has 2 saturated heterocycles. The normalized spacial score (nSPS) is 48.0. The van der Waals surface area contributed by atoms with E-state index in [0.717, 1.165) is 0 Å². The monoisotopic (exact) mass is 309 g/mol. The third kappa shape index (κ3) is 3.55. The van der Waals surface area contributed by atoms with Gasteiger partial charge in [0.1, 0.15) is 30.5 Å². The summed E-state index contributed by atoms with van der Waals surface area (Å²) in [5.41, 5.74) is 0. The lowest BCUT2D eigenvalue weighted by Gasteiger charge is -2.41. The van der Waals surface area contributed by atoms with Crippen LogP contribution in [0.1, 0.15) is 6.42 Å². The van der Waals surface area contributed by atoms with Gasteiger partial charge in [0.25, 0.3) is 0 Å². The van der Waals surface area contributed by atoms with Crippen molar-refractivity contribution in [3.63, 3.8) is 0 Å². The summed E-state index contributed by atoms with van der Waals surface area (Å²) in [4.78, 5) is 10.5. The topological polar surface area (TPSA) is 158 Å². The predicted octanol–water partition coefficient (Wildman–Crippen LogP) is -2.95. The molecule has 0 aromatic rings. The summed E-state index contributed by atoms with van der Waals surface area (Å²) >= 11 is 0. The van der Waals surface area contributed by atoms with E-state index in [1.54, 1.807) is 0 Å². The standard InChI is InChI=1S/C11H19NO9/c13-2-7-6(1-4(14)10(12-18)20-7)21-11-9(17)8(16)5(15)3-19-11/h4-11,13-17H,1-3H2/t4-,5-,6+,7-,8+,9-,10+,11-/m1/s1. The second-order valence-corrected chi connectivity index (χ2v) is 5.08. The van der Waals surface area contributed by atoms with Gasteiger partial charge in [-0.3, -0.25) is 0 Å². The molecule has 0 amide bonds. The first-order valence-corrected chi connectivity index (χ1v) is 6.56. The largest absolute Gasteiger partial charge is 0.394 e. The number of hydrogen-bond donors (Lipinski definition) is 5. The van der Waals surface area contributed by atoms with Gasteiger partial charge < -0.3 is 39.7 Å². The molecule has 10 nitrogen and oxygen atoms in total. The Hall–Kier alpha value is -0.720. The molecule has 0 spiro atoms. The van der Waals surface area contributed by atoms with E-state index >= 15 is 0 Å². The molecule has 0 saturated carbocycles. The van der Waals surface area contributed by atoms with Crippen LogP contribution in [0.25, 0.3) is 0 Å². The zero-order valence-corrected chi connectivity index (χ0v) is 11.1. The summed E-state index contributed by atoms with van der Waals surface area (Å²) < 4.78 is 15.5. The van der Waals surface area contributed by atoms with Gasteiger partial charge in [0, 0.05) is 6.42 Å². The van der Waals surface area contributed by atoms with Crippen molar-refractivity contribution in [2.24, 2.45) is 5.18 Å². The number of rotatable bonds is 4. The molecular formula is C11H19NO9. The molecule has 0 aliphatic carbocycles. The van der Waals surface area contributed by atoms with Crippen molar-refractivity contribution in [1.82, 2.24) is 0 Å². The summed E-state index contributed by atoms with van der Waals surface area (Å²) in [7, 11) is 0. The van der Waals surface area contributed by atoms with Crippen LogP contribution in [0.3, 0.4) is 0 Å². The van der Waals surface area contributed by atoms with E-state index in [2.05, 4.69) is 5.18 Å². The Balaban J connectivity index is 1.99. The van der Waals surface area contributed by atoms with Crippen LogP contribution in [0.15, 0.2) is 5.18 Å². The average molecular weight is 309 g/mol. The van der Waals surface area contributed by atoms with E-state index < -0.39 is 55.7 Å². The van der Waals surface area contributed by atoms with Gasteiger partial charge in [-0.1, -0.05) is 0 Å². The smallest absolute Gasteiger partial charge is 0.216 e. The fraction of sp³-hybridized carbons (Fsp3) is 1.00. The fourth-order valence-corrected chi connectivity index (χ4v) is 2.33. The number of aliphatic hydroxyl groups is 5. The van der Waals surface area contributed by atoms with Gasteiger partial charge in [-0.15, -0.1) is 4.91 Å². The molecule has 0 unspecified atom stereocenters. The number of nitrogens with zero attached hydrogens (tertiary/aromatic N) is 1. The highest BCUT2D eigenvalue weighted by Gasteiger charge is 2.44. The SMILES string of the molecule is O=N[C@H]1O[C@H](CO)[C@@H](O[C@H]2OC[C@@H](O)[C@H](O)[C@H]2O)C[C@H]1O. The zero-order valence-electron chi connectivity index (χ0n) is 11.1. The molecule has 2 fully saturated rings. The van der Waals surface area contributed by atoms with Crippen LogP contribution in [-0.4, -0.2) is 87.9 Å². The van der Waals surface area contributed by atoms with Crippen LogP contribution in [0.5, 0.6) is 0 Å². The molecule has 0 bridgehead atoms. The van der Waals surface area contributed by atoms with E-state index in [-0.39, 0.29) is 13.0 Å². The number of hydrogen-bond acceptors (Lipinski definition) is 10. The summed E-state index contributed by atoms with van der Waals surface area (Å²) in [6.45, 7) is -0.723. The van der Waals surface area contributed by atoms with E-state index in [1.807, 2.05) is 0 Å². The lowest BCUT2D eigenvalue weighted by Crippen LogP contribution is -2.57. The molecule has 10 heteroatoms. The average Bonchev–Trinajstić information content (AvgIpc) is 2.48. The van der Waals surface area contributed by atoms with Gasteiger partial charge in [-0.25, -0.2) is 0 Å². The second-order valence-electron chi connectivity index (χ2n) is 5.08. The Morgan fingerprint density at radius 2 is 1.86 bits per heavy atom. The number of ether oxygens (including phenoxy) is 3. The van der Waals surface area contributed by atoms with Crippen LogP contribution < -0.4 is 0 Å². The first-order valence-electron chi connectivity index (χ1n) is 6.56. The Kier molecular flexibility index (Phi) is 5.57. The second kappa shape index (κ2) is 7.03. The molecule has 0 radical (unpaired) electrons. The van der Waals surface area contributed by atoms with E-state index in [9.17, 15) is 30.4 Å². The van der Waals surface area contributed by atoms with Gasteiger partial charge in [-0.05, 0) is 5.18 Å². The highest BCUT2D eigenvalue weighted by molar-refractivity contribution is 4.88. The van der Waals surface area contributed by atoms with Crippen LogP contribution in [0, 0.1) is 4.91 Å². The Bertz CT molecular complexity index is 357. The maximum Gasteiger partial charge on any atom is 0.216 e. The lowest BCUT2D eigenvalue weighted by molar-refractivity contribution is -0.306. The molecule has 0 aromatic heterocycles. The number of aliphatic hydroxyl groups excluding tert-OH is 5. The van der Waals surface area contributed by atoms with Crippen molar-refractivity contribution < 1.29 is 39.7 Å². The van der Waals surface area contributed by atoms with Crippen LogP contribution in [-0.2, 0) is 14.2 Å². The Morgan fingerprint density at radius 1 is 1.14 bits per heavy atom. The first kappa shape index (κ1) is 16.6. The molecule has 2 aliphatic rings. The van der Waals surface area contributed by atoms with Crippen molar-refractivity contribution >= 4 is 0 Å². The molecule has 0 aromatic carbocycles. The zero-order chi connectivity index (χ0) is 15.6. The Labute approximate surface area is 119 Å². The van der Waals surface area contributed by atoms with E-state index in [1.165, 1.54) is 0 Å². The van der Waals surface area contributed by atoms with Gasteiger partial charge in [0.2, 0.25) is 6.23 Å². The van der Waals surface area contributed by atoms with Gasteiger partial charge in [0.05, 0.1) is 19.3 Å². The van der Waals surface area contributed by atoms with Crippen molar-refractivity contribution in [3.8, 4) is 0 Å². The molecule has 21 heavy (non-hydrogen) atoms.